The van der Waals surface area contributed by atoms with E-state index in [9.17, 15) is 0 Å². The molecule has 0 amide bonds. The molecule has 1 aliphatic rings. The van der Waals surface area contributed by atoms with Gasteiger partial charge in [-0.05, 0) is 12.5 Å². The Bertz CT molecular complexity index is 325. The first kappa shape index (κ1) is 10.6. The molecule has 84 valence electrons. The molecule has 4 heteroatoms. The fourth-order valence-corrected chi connectivity index (χ4v) is 2.15. The van der Waals surface area contributed by atoms with Crippen LogP contribution in [0.2, 0.25) is 0 Å². The van der Waals surface area contributed by atoms with Gasteiger partial charge < -0.3 is 5.73 Å². The number of nitrogens with two attached hydrogens (primary N) is 1. The molecular formula is C11H20N4. The second-order valence-corrected chi connectivity index (χ2v) is 4.62. The average molecular weight is 208 g/mol. The summed E-state index contributed by atoms with van der Waals surface area (Å²) in [6.07, 6.45) is 4.00. The normalized spacial score (nSPS) is 20.2. The Hall–Kier alpha value is -0.870. The number of aryl methyl sites for hydroxylation is 1. The maximum absolute atomic E-state index is 6.11. The lowest BCUT2D eigenvalue weighted by Crippen LogP contribution is -2.67. The van der Waals surface area contributed by atoms with Gasteiger partial charge in [-0.3, -0.25) is 9.58 Å². The van der Waals surface area contributed by atoms with Crippen LogP contribution in [0.25, 0.3) is 0 Å². The van der Waals surface area contributed by atoms with E-state index in [1.54, 1.807) is 0 Å². The zero-order chi connectivity index (χ0) is 10.9. The van der Waals surface area contributed by atoms with Crippen molar-refractivity contribution < 1.29 is 0 Å². The van der Waals surface area contributed by atoms with Crippen molar-refractivity contribution in [3.8, 4) is 0 Å². The predicted octanol–water partition coefficient (Wildman–Crippen LogP) is 0.386. The van der Waals surface area contributed by atoms with Crippen molar-refractivity contribution in [2.24, 2.45) is 12.8 Å². The van der Waals surface area contributed by atoms with E-state index in [2.05, 4.69) is 23.0 Å². The maximum atomic E-state index is 6.11. The molecule has 2 N–H and O–H groups in total. The lowest BCUT2D eigenvalue weighted by Gasteiger charge is -2.47. The maximum Gasteiger partial charge on any atom is 0.0492 e. The first-order valence-electron chi connectivity index (χ1n) is 5.61. The molecule has 0 aliphatic carbocycles. The monoisotopic (exact) mass is 208 g/mol. The fraction of sp³-hybridized carbons (Fsp3) is 0.727. The molecule has 0 radical (unpaired) electrons. The van der Waals surface area contributed by atoms with E-state index in [0.717, 1.165) is 32.5 Å². The molecular weight excluding hydrogens is 188 g/mol. The van der Waals surface area contributed by atoms with E-state index in [1.807, 2.05) is 17.9 Å². The summed E-state index contributed by atoms with van der Waals surface area (Å²) in [5, 5.41) is 4.16. The third-order valence-electron chi connectivity index (χ3n) is 3.39. The number of hydrogen-bond acceptors (Lipinski definition) is 3. The van der Waals surface area contributed by atoms with E-state index in [4.69, 9.17) is 5.73 Å². The molecule has 1 aromatic heterocycles. The number of nitrogens with zero attached hydrogens (tertiary/aromatic N) is 3. The van der Waals surface area contributed by atoms with E-state index in [1.165, 1.54) is 5.69 Å². The zero-order valence-electron chi connectivity index (χ0n) is 9.61. The van der Waals surface area contributed by atoms with Crippen molar-refractivity contribution in [1.29, 1.82) is 0 Å². The van der Waals surface area contributed by atoms with Gasteiger partial charge in [-0.2, -0.15) is 5.10 Å². The molecule has 2 heterocycles. The molecule has 0 atom stereocenters. The topological polar surface area (TPSA) is 47.1 Å². The van der Waals surface area contributed by atoms with Crippen molar-refractivity contribution in [2.45, 2.75) is 25.3 Å². The number of aromatic nitrogens is 2. The molecule has 15 heavy (non-hydrogen) atoms. The van der Waals surface area contributed by atoms with Gasteiger partial charge in [0.1, 0.15) is 0 Å². The Morgan fingerprint density at radius 3 is 2.80 bits per heavy atom. The second-order valence-electron chi connectivity index (χ2n) is 4.62. The third-order valence-corrected chi connectivity index (χ3v) is 3.39. The summed E-state index contributed by atoms with van der Waals surface area (Å²) < 4.78 is 1.94. The molecule has 1 aliphatic heterocycles. The minimum absolute atomic E-state index is 0.0897. The van der Waals surface area contributed by atoms with E-state index < -0.39 is 0 Å². The largest absolute Gasteiger partial charge is 0.323 e. The molecule has 1 aromatic rings. The minimum atomic E-state index is 0.0897. The summed E-state index contributed by atoms with van der Waals surface area (Å²) in [5.41, 5.74) is 7.49. The molecule has 0 saturated carbocycles. The molecule has 0 spiro atoms. The Labute approximate surface area is 91.1 Å². The Balaban J connectivity index is 1.75. The summed E-state index contributed by atoms with van der Waals surface area (Å²) in [6, 6.07) is 2.08. The molecule has 2 rings (SSSR count). The third kappa shape index (κ3) is 2.21. The van der Waals surface area contributed by atoms with Crippen LogP contribution in [-0.2, 0) is 13.5 Å². The summed E-state index contributed by atoms with van der Waals surface area (Å²) >= 11 is 0. The fourth-order valence-electron chi connectivity index (χ4n) is 2.15. The lowest BCUT2D eigenvalue weighted by molar-refractivity contribution is 0.0689. The van der Waals surface area contributed by atoms with Crippen LogP contribution < -0.4 is 5.73 Å². The van der Waals surface area contributed by atoms with Crippen molar-refractivity contribution >= 4 is 0 Å². The molecule has 0 unspecified atom stereocenters. The highest BCUT2D eigenvalue weighted by Gasteiger charge is 2.36. The molecule has 1 saturated heterocycles. The van der Waals surface area contributed by atoms with Crippen LogP contribution in [0.15, 0.2) is 12.3 Å². The molecule has 0 bridgehead atoms. The standard InChI is InChI=1S/C11H20N4/c1-3-11(12)8-15(9-11)7-5-10-4-6-13-14(10)2/h4,6H,3,5,7-9,12H2,1-2H3. The van der Waals surface area contributed by atoms with Crippen molar-refractivity contribution in [3.05, 3.63) is 18.0 Å². The molecule has 0 aromatic carbocycles. The van der Waals surface area contributed by atoms with Gasteiger partial charge in [0.25, 0.3) is 0 Å². The summed E-state index contributed by atoms with van der Waals surface area (Å²) in [6.45, 7) is 5.35. The lowest BCUT2D eigenvalue weighted by atomic mass is 9.88. The van der Waals surface area contributed by atoms with Crippen LogP contribution >= 0.6 is 0 Å². The van der Waals surface area contributed by atoms with Gasteiger partial charge >= 0.3 is 0 Å². The first-order valence-corrected chi connectivity index (χ1v) is 5.61. The van der Waals surface area contributed by atoms with Crippen LogP contribution in [-0.4, -0.2) is 39.9 Å². The van der Waals surface area contributed by atoms with Crippen molar-refractivity contribution in [3.63, 3.8) is 0 Å². The average Bonchev–Trinajstić information content (AvgIpc) is 2.57. The van der Waals surface area contributed by atoms with Crippen LogP contribution in [0, 0.1) is 0 Å². The van der Waals surface area contributed by atoms with Gasteiger partial charge in [0, 0.05) is 50.5 Å². The van der Waals surface area contributed by atoms with Crippen molar-refractivity contribution in [2.75, 3.05) is 19.6 Å². The van der Waals surface area contributed by atoms with Gasteiger partial charge in [-0.1, -0.05) is 6.92 Å². The Kier molecular flexibility index (Phi) is 2.80. The SMILES string of the molecule is CCC1(N)CN(CCc2ccnn2C)C1. The van der Waals surface area contributed by atoms with Crippen LogP contribution in [0.1, 0.15) is 19.0 Å². The number of likely N-dealkylation sites (tertiary alicyclic amines) is 1. The van der Waals surface area contributed by atoms with Gasteiger partial charge in [0.15, 0.2) is 0 Å². The second kappa shape index (κ2) is 3.94. The summed E-state index contributed by atoms with van der Waals surface area (Å²) in [5.74, 6) is 0. The highest BCUT2D eigenvalue weighted by atomic mass is 15.3. The first-order chi connectivity index (χ1) is 7.13. The summed E-state index contributed by atoms with van der Waals surface area (Å²) in [7, 11) is 1.99. The quantitative estimate of drug-likeness (QED) is 0.778. The highest BCUT2D eigenvalue weighted by Crippen LogP contribution is 2.21. The van der Waals surface area contributed by atoms with Gasteiger partial charge in [-0.25, -0.2) is 0 Å². The smallest absolute Gasteiger partial charge is 0.0492 e. The van der Waals surface area contributed by atoms with Gasteiger partial charge in [-0.15, -0.1) is 0 Å². The number of hydrogen-bond donors (Lipinski definition) is 1. The van der Waals surface area contributed by atoms with E-state index >= 15 is 0 Å². The van der Waals surface area contributed by atoms with Crippen LogP contribution in [0.4, 0.5) is 0 Å². The molecule has 1 fully saturated rings. The Morgan fingerprint density at radius 1 is 1.53 bits per heavy atom. The van der Waals surface area contributed by atoms with Crippen molar-refractivity contribution in [1.82, 2.24) is 14.7 Å². The predicted molar refractivity (Wildman–Crippen MR) is 60.6 cm³/mol. The minimum Gasteiger partial charge on any atom is -0.323 e. The summed E-state index contributed by atoms with van der Waals surface area (Å²) in [4.78, 5) is 2.41. The Morgan fingerprint density at radius 2 is 2.27 bits per heavy atom. The van der Waals surface area contributed by atoms with Crippen LogP contribution in [0.5, 0.6) is 0 Å². The zero-order valence-corrected chi connectivity index (χ0v) is 9.61. The molecule has 4 nitrogen and oxygen atoms in total. The number of rotatable bonds is 4. The van der Waals surface area contributed by atoms with Gasteiger partial charge in [0.05, 0.1) is 0 Å². The van der Waals surface area contributed by atoms with E-state index in [0.29, 0.717) is 0 Å². The van der Waals surface area contributed by atoms with Gasteiger partial charge in [0.2, 0.25) is 0 Å². The van der Waals surface area contributed by atoms with Crippen LogP contribution in [0.3, 0.4) is 0 Å². The van der Waals surface area contributed by atoms with E-state index in [-0.39, 0.29) is 5.54 Å². The highest BCUT2D eigenvalue weighted by molar-refractivity contribution is 5.03.